The average molecular weight is 611 g/mol. The Kier molecular flexibility index (Phi) is 8.01. The van der Waals surface area contributed by atoms with Gasteiger partial charge in [-0.3, -0.25) is 9.59 Å². The summed E-state index contributed by atoms with van der Waals surface area (Å²) in [5, 5.41) is 9.58. The molecule has 5 N–H and O–H groups in total. The number of piperazine rings is 1. The zero-order chi connectivity index (χ0) is 31.5. The third-order valence-electron chi connectivity index (χ3n) is 8.39. The van der Waals surface area contributed by atoms with Gasteiger partial charge in [-0.2, -0.15) is 4.98 Å². The quantitative estimate of drug-likeness (QED) is 0.188. The second-order valence-corrected chi connectivity index (χ2v) is 11.4. The van der Waals surface area contributed by atoms with E-state index < -0.39 is 6.04 Å². The molecule has 1 aromatic heterocycles. The molecular formula is C36H34N8O2. The Morgan fingerprint density at radius 2 is 1.57 bits per heavy atom. The number of nitrogens with two attached hydrogens (primary N) is 1. The predicted octanol–water partition coefficient (Wildman–Crippen LogP) is 5.21. The molecule has 4 aromatic carbocycles. The Labute approximate surface area is 267 Å². The minimum atomic E-state index is -0.815. The average Bonchev–Trinajstić information content (AvgIpc) is 3.41. The van der Waals surface area contributed by atoms with Gasteiger partial charge >= 0.3 is 0 Å². The van der Waals surface area contributed by atoms with E-state index in [1.54, 1.807) is 29.3 Å². The number of benzene rings is 4. The monoisotopic (exact) mass is 610 g/mol. The first-order valence-electron chi connectivity index (χ1n) is 15.3. The largest absolute Gasteiger partial charge is 0.369 e. The van der Waals surface area contributed by atoms with Crippen molar-refractivity contribution < 1.29 is 9.59 Å². The van der Waals surface area contributed by atoms with Crippen LogP contribution in [0.25, 0.3) is 11.1 Å². The van der Waals surface area contributed by atoms with Gasteiger partial charge in [-0.05, 0) is 76.9 Å². The summed E-state index contributed by atoms with van der Waals surface area (Å²) in [6.45, 7) is 4.30. The van der Waals surface area contributed by atoms with Crippen LogP contribution in [0.3, 0.4) is 0 Å². The number of hydrogen-bond acceptors (Lipinski definition) is 8. The van der Waals surface area contributed by atoms with Crippen LogP contribution in [0.15, 0.2) is 109 Å². The molecule has 2 aliphatic heterocycles. The van der Waals surface area contributed by atoms with Crippen LogP contribution in [-0.2, 0) is 11.3 Å². The molecule has 0 bridgehead atoms. The normalized spacial score (nSPS) is 14.9. The van der Waals surface area contributed by atoms with Gasteiger partial charge in [0, 0.05) is 61.5 Å². The second-order valence-electron chi connectivity index (χ2n) is 11.4. The van der Waals surface area contributed by atoms with Crippen molar-refractivity contribution >= 4 is 40.6 Å². The van der Waals surface area contributed by atoms with Crippen LogP contribution in [0.2, 0.25) is 0 Å². The second kappa shape index (κ2) is 12.7. The highest BCUT2D eigenvalue weighted by atomic mass is 16.2. The van der Waals surface area contributed by atoms with Crippen LogP contribution in [0.5, 0.6) is 0 Å². The molecule has 0 radical (unpaired) electrons. The lowest BCUT2D eigenvalue weighted by Gasteiger charge is -2.29. The Morgan fingerprint density at radius 1 is 0.848 bits per heavy atom. The van der Waals surface area contributed by atoms with Crippen molar-refractivity contribution in [2.75, 3.05) is 47.4 Å². The van der Waals surface area contributed by atoms with E-state index in [1.165, 1.54) is 5.69 Å². The van der Waals surface area contributed by atoms with E-state index in [4.69, 9.17) is 5.73 Å². The zero-order valence-electron chi connectivity index (χ0n) is 25.2. The number of carbonyl (C=O) groups excluding carboxylic acids is 2. The van der Waals surface area contributed by atoms with E-state index >= 15 is 0 Å². The van der Waals surface area contributed by atoms with Crippen LogP contribution < -0.4 is 26.6 Å². The standard InChI is InChI=1S/C36H34N8O2/c37-36-39-17-16-32(42-36)40-28-9-11-29(12-10-28)41-34(45)33(25-4-2-1-3-5-25)44-23-27-22-26(8-15-31(27)35(44)46)24-6-13-30(14-7-24)43-20-18-38-19-21-43/h1-17,22,33,38H,18-21,23H2,(H,41,45)(H3,37,39,40,42). The molecule has 1 atom stereocenters. The molecule has 0 aliphatic carbocycles. The number of nitrogen functional groups attached to an aromatic ring is 1. The number of rotatable bonds is 8. The molecule has 3 heterocycles. The van der Waals surface area contributed by atoms with E-state index in [0.717, 1.165) is 54.1 Å². The van der Waals surface area contributed by atoms with Crippen molar-refractivity contribution in [1.29, 1.82) is 0 Å². The van der Waals surface area contributed by atoms with E-state index in [-0.39, 0.29) is 17.8 Å². The van der Waals surface area contributed by atoms with E-state index in [9.17, 15) is 9.59 Å². The Bertz CT molecular complexity index is 1860. The lowest BCUT2D eigenvalue weighted by atomic mass is 10.00. The molecule has 230 valence electrons. The summed E-state index contributed by atoms with van der Waals surface area (Å²) in [6.07, 6.45) is 1.58. The van der Waals surface area contributed by atoms with Crippen LogP contribution in [0, 0.1) is 0 Å². The summed E-state index contributed by atoms with van der Waals surface area (Å²) in [5.41, 5.74) is 12.7. The molecule has 2 amide bonds. The molecular weight excluding hydrogens is 576 g/mol. The Hall–Kier alpha value is -5.74. The van der Waals surface area contributed by atoms with Gasteiger partial charge in [-0.25, -0.2) is 4.98 Å². The third-order valence-corrected chi connectivity index (χ3v) is 8.39. The highest BCUT2D eigenvalue weighted by Crippen LogP contribution is 2.35. The molecule has 5 aromatic rings. The molecule has 46 heavy (non-hydrogen) atoms. The molecule has 0 spiro atoms. The van der Waals surface area contributed by atoms with Crippen molar-refractivity contribution in [1.82, 2.24) is 20.2 Å². The zero-order valence-corrected chi connectivity index (χ0v) is 25.2. The van der Waals surface area contributed by atoms with Gasteiger partial charge in [0.15, 0.2) is 0 Å². The first-order chi connectivity index (χ1) is 22.5. The molecule has 1 unspecified atom stereocenters. The summed E-state index contributed by atoms with van der Waals surface area (Å²) in [6, 6.07) is 32.1. The smallest absolute Gasteiger partial charge is 0.255 e. The van der Waals surface area contributed by atoms with Crippen LogP contribution in [0.4, 0.5) is 28.8 Å². The van der Waals surface area contributed by atoms with Gasteiger partial charge in [0.05, 0.1) is 0 Å². The first-order valence-corrected chi connectivity index (χ1v) is 15.3. The number of nitrogens with one attached hydrogen (secondary N) is 3. The summed E-state index contributed by atoms with van der Waals surface area (Å²) < 4.78 is 0. The lowest BCUT2D eigenvalue weighted by molar-refractivity contribution is -0.120. The van der Waals surface area contributed by atoms with Crippen LogP contribution in [-0.4, -0.2) is 52.9 Å². The van der Waals surface area contributed by atoms with Gasteiger partial charge in [-0.15, -0.1) is 0 Å². The maximum absolute atomic E-state index is 13.9. The maximum Gasteiger partial charge on any atom is 0.255 e. The fourth-order valence-corrected chi connectivity index (χ4v) is 6.07. The molecule has 0 saturated carbocycles. The minimum Gasteiger partial charge on any atom is -0.369 e. The number of aromatic nitrogens is 2. The predicted molar refractivity (Wildman–Crippen MR) is 181 cm³/mol. The number of amides is 2. The van der Waals surface area contributed by atoms with Gasteiger partial charge in [0.25, 0.3) is 11.8 Å². The van der Waals surface area contributed by atoms with Crippen molar-refractivity contribution in [3.05, 3.63) is 126 Å². The first kappa shape index (κ1) is 29.0. The minimum absolute atomic E-state index is 0.164. The number of fused-ring (bicyclic) bond motifs is 1. The van der Waals surface area contributed by atoms with Gasteiger partial charge in [0.1, 0.15) is 11.9 Å². The van der Waals surface area contributed by atoms with E-state index in [2.05, 4.69) is 61.2 Å². The molecule has 1 fully saturated rings. The number of nitrogens with zero attached hydrogens (tertiary/aromatic N) is 4. The Balaban J connectivity index is 1.09. The summed E-state index contributed by atoms with van der Waals surface area (Å²) in [4.78, 5) is 39.8. The van der Waals surface area contributed by atoms with Crippen molar-refractivity contribution in [3.8, 4) is 11.1 Å². The topological polar surface area (TPSA) is 129 Å². The molecule has 7 rings (SSSR count). The van der Waals surface area contributed by atoms with Gasteiger partial charge < -0.3 is 31.5 Å². The molecule has 1 saturated heterocycles. The number of anilines is 5. The SMILES string of the molecule is Nc1nccc(Nc2ccc(NC(=O)C(c3ccccc3)N3Cc4cc(-c5ccc(N6CCNCC6)cc5)ccc4C3=O)cc2)n1. The highest BCUT2D eigenvalue weighted by molar-refractivity contribution is 6.04. The van der Waals surface area contributed by atoms with Crippen LogP contribution >= 0.6 is 0 Å². The van der Waals surface area contributed by atoms with Crippen molar-refractivity contribution in [3.63, 3.8) is 0 Å². The fourth-order valence-electron chi connectivity index (χ4n) is 6.07. The molecule has 10 heteroatoms. The third kappa shape index (κ3) is 6.11. The summed E-state index contributed by atoms with van der Waals surface area (Å²) in [7, 11) is 0. The Morgan fingerprint density at radius 3 is 2.30 bits per heavy atom. The number of carbonyl (C=O) groups is 2. The van der Waals surface area contributed by atoms with Crippen molar-refractivity contribution in [2.45, 2.75) is 12.6 Å². The highest BCUT2D eigenvalue weighted by Gasteiger charge is 2.37. The van der Waals surface area contributed by atoms with E-state index in [0.29, 0.717) is 23.6 Å². The molecule has 2 aliphatic rings. The van der Waals surface area contributed by atoms with E-state index in [1.807, 2.05) is 54.6 Å². The fraction of sp³-hybridized carbons (Fsp3) is 0.167. The van der Waals surface area contributed by atoms with Crippen molar-refractivity contribution in [2.24, 2.45) is 0 Å². The molecule has 10 nitrogen and oxygen atoms in total. The summed E-state index contributed by atoms with van der Waals surface area (Å²) in [5.74, 6) is 0.287. The van der Waals surface area contributed by atoms with Gasteiger partial charge in [-0.1, -0.05) is 48.5 Å². The maximum atomic E-state index is 13.9. The lowest BCUT2D eigenvalue weighted by Crippen LogP contribution is -2.43. The van der Waals surface area contributed by atoms with Crippen LogP contribution in [0.1, 0.15) is 27.5 Å². The summed E-state index contributed by atoms with van der Waals surface area (Å²) >= 11 is 0. The van der Waals surface area contributed by atoms with Gasteiger partial charge in [0.2, 0.25) is 5.95 Å². The number of hydrogen-bond donors (Lipinski definition) is 4.